The fourth-order valence-corrected chi connectivity index (χ4v) is 3.56. The molecule has 2 aromatic carbocycles. The summed E-state index contributed by atoms with van der Waals surface area (Å²) in [4.78, 5) is 40.8. The number of piperazine rings is 1. The van der Waals surface area contributed by atoms with Crippen molar-refractivity contribution in [1.29, 1.82) is 0 Å². The monoisotopic (exact) mass is 425 g/mol. The number of anilines is 1. The molecule has 0 bridgehead atoms. The molecule has 3 rings (SSSR count). The third kappa shape index (κ3) is 6.46. The summed E-state index contributed by atoms with van der Waals surface area (Å²) in [7, 11) is 0. The lowest BCUT2D eigenvalue weighted by Crippen LogP contribution is -2.50. The average molecular weight is 426 g/mol. The largest absolute Gasteiger partial charge is 0.340 e. The normalized spacial score (nSPS) is 14.4. The molecule has 1 fully saturated rings. The predicted molar refractivity (Wildman–Crippen MR) is 118 cm³/mol. The SMILES string of the molecule is Cc1ccc(C(=O)CCC(=O)N2CCN(CC(=O)Nc3cccc(F)c3)CC2)cc1C. The van der Waals surface area contributed by atoms with Crippen molar-refractivity contribution in [2.45, 2.75) is 26.7 Å². The lowest BCUT2D eigenvalue weighted by atomic mass is 10.0. The fraction of sp³-hybridized carbons (Fsp3) is 0.375. The Morgan fingerprint density at radius 2 is 1.68 bits per heavy atom. The van der Waals surface area contributed by atoms with Gasteiger partial charge in [0.1, 0.15) is 5.82 Å². The first-order valence-electron chi connectivity index (χ1n) is 10.5. The molecule has 0 aromatic heterocycles. The molecule has 2 amide bonds. The van der Waals surface area contributed by atoms with Crippen molar-refractivity contribution in [2.24, 2.45) is 0 Å². The number of halogens is 1. The maximum Gasteiger partial charge on any atom is 0.238 e. The molecule has 1 N–H and O–H groups in total. The Balaban J connectivity index is 1.40. The van der Waals surface area contributed by atoms with Crippen LogP contribution in [-0.4, -0.2) is 60.1 Å². The topological polar surface area (TPSA) is 69.7 Å². The van der Waals surface area contributed by atoms with Crippen LogP contribution in [0.5, 0.6) is 0 Å². The first kappa shape index (κ1) is 22.6. The Labute approximate surface area is 182 Å². The highest BCUT2D eigenvalue weighted by atomic mass is 19.1. The Bertz CT molecular complexity index is 968. The van der Waals surface area contributed by atoms with Crippen LogP contribution < -0.4 is 5.32 Å². The Morgan fingerprint density at radius 3 is 2.35 bits per heavy atom. The van der Waals surface area contributed by atoms with Crippen LogP contribution in [-0.2, 0) is 9.59 Å². The molecule has 164 valence electrons. The van der Waals surface area contributed by atoms with Crippen molar-refractivity contribution in [3.63, 3.8) is 0 Å². The number of rotatable bonds is 7. The van der Waals surface area contributed by atoms with Gasteiger partial charge >= 0.3 is 0 Å². The number of nitrogens with zero attached hydrogens (tertiary/aromatic N) is 2. The van der Waals surface area contributed by atoms with Crippen molar-refractivity contribution in [2.75, 3.05) is 38.0 Å². The van der Waals surface area contributed by atoms with Gasteiger partial charge in [-0.15, -0.1) is 0 Å². The molecule has 1 aliphatic heterocycles. The van der Waals surface area contributed by atoms with Gasteiger partial charge in [-0.25, -0.2) is 4.39 Å². The van der Waals surface area contributed by atoms with Crippen LogP contribution in [0.4, 0.5) is 10.1 Å². The van der Waals surface area contributed by atoms with Gasteiger partial charge in [0.15, 0.2) is 5.78 Å². The van der Waals surface area contributed by atoms with Crippen LogP contribution in [0.1, 0.15) is 34.3 Å². The van der Waals surface area contributed by atoms with Gasteiger partial charge < -0.3 is 10.2 Å². The summed E-state index contributed by atoms with van der Waals surface area (Å²) in [6, 6.07) is 11.4. The van der Waals surface area contributed by atoms with Gasteiger partial charge in [0, 0.05) is 50.3 Å². The van der Waals surface area contributed by atoms with Crippen molar-refractivity contribution in [3.05, 3.63) is 65.0 Å². The van der Waals surface area contributed by atoms with Gasteiger partial charge in [0.05, 0.1) is 6.54 Å². The van der Waals surface area contributed by atoms with Gasteiger partial charge in [0.2, 0.25) is 11.8 Å². The number of Topliss-reactive ketones (excluding diaryl/α,β-unsaturated/α-hetero) is 1. The summed E-state index contributed by atoms with van der Waals surface area (Å²) < 4.78 is 13.2. The van der Waals surface area contributed by atoms with E-state index < -0.39 is 5.82 Å². The summed E-state index contributed by atoms with van der Waals surface area (Å²) in [6.07, 6.45) is 0.378. The number of carbonyl (C=O) groups is 3. The minimum Gasteiger partial charge on any atom is -0.340 e. The molecule has 6 nitrogen and oxygen atoms in total. The Morgan fingerprint density at radius 1 is 0.935 bits per heavy atom. The summed E-state index contributed by atoms with van der Waals surface area (Å²) in [6.45, 7) is 6.34. The van der Waals surface area contributed by atoms with Crippen LogP contribution in [0.2, 0.25) is 0 Å². The number of carbonyl (C=O) groups excluding carboxylic acids is 3. The predicted octanol–water partition coefficient (Wildman–Crippen LogP) is 3.19. The van der Waals surface area contributed by atoms with Crippen molar-refractivity contribution < 1.29 is 18.8 Å². The van der Waals surface area contributed by atoms with E-state index in [-0.39, 0.29) is 37.0 Å². The van der Waals surface area contributed by atoms with Crippen LogP contribution in [0, 0.1) is 19.7 Å². The van der Waals surface area contributed by atoms with E-state index in [0.29, 0.717) is 37.4 Å². The molecule has 0 atom stereocenters. The zero-order valence-corrected chi connectivity index (χ0v) is 18.0. The van der Waals surface area contributed by atoms with Crippen LogP contribution in [0.25, 0.3) is 0 Å². The maximum atomic E-state index is 13.2. The highest BCUT2D eigenvalue weighted by Crippen LogP contribution is 2.14. The summed E-state index contributed by atoms with van der Waals surface area (Å²) >= 11 is 0. The number of amides is 2. The van der Waals surface area contributed by atoms with Crippen molar-refractivity contribution in [3.8, 4) is 0 Å². The van der Waals surface area contributed by atoms with Gasteiger partial charge in [-0.2, -0.15) is 0 Å². The number of hydrogen-bond acceptors (Lipinski definition) is 4. The van der Waals surface area contributed by atoms with E-state index in [0.717, 1.165) is 11.1 Å². The highest BCUT2D eigenvalue weighted by molar-refractivity contribution is 5.98. The number of hydrogen-bond donors (Lipinski definition) is 1. The molecular formula is C24H28FN3O3. The van der Waals surface area contributed by atoms with E-state index in [1.54, 1.807) is 17.0 Å². The second kappa shape index (κ2) is 10.3. The van der Waals surface area contributed by atoms with Crippen LogP contribution in [0.15, 0.2) is 42.5 Å². The molecule has 1 saturated heterocycles. The molecule has 0 spiro atoms. The molecule has 31 heavy (non-hydrogen) atoms. The van der Waals surface area contributed by atoms with Gasteiger partial charge in [0.25, 0.3) is 0 Å². The number of ketones is 1. The minimum atomic E-state index is -0.402. The summed E-state index contributed by atoms with van der Waals surface area (Å²) in [5.74, 6) is -0.685. The van der Waals surface area contributed by atoms with E-state index in [1.807, 2.05) is 36.9 Å². The minimum absolute atomic E-state index is 0.0240. The molecule has 2 aromatic rings. The smallest absolute Gasteiger partial charge is 0.238 e. The lowest BCUT2D eigenvalue weighted by Gasteiger charge is -2.34. The third-order valence-corrected chi connectivity index (χ3v) is 5.60. The first-order valence-corrected chi connectivity index (χ1v) is 10.5. The number of aryl methyl sites for hydroxylation is 2. The summed E-state index contributed by atoms with van der Waals surface area (Å²) in [5, 5.41) is 2.68. The zero-order valence-electron chi connectivity index (χ0n) is 18.0. The van der Waals surface area contributed by atoms with Crippen molar-refractivity contribution in [1.82, 2.24) is 9.80 Å². The molecule has 0 unspecified atom stereocenters. The number of nitrogens with one attached hydrogen (secondary N) is 1. The second-order valence-electron chi connectivity index (χ2n) is 7.94. The highest BCUT2D eigenvalue weighted by Gasteiger charge is 2.23. The first-order chi connectivity index (χ1) is 14.8. The molecule has 0 radical (unpaired) electrons. The van der Waals surface area contributed by atoms with Crippen LogP contribution >= 0.6 is 0 Å². The molecule has 7 heteroatoms. The quantitative estimate of drug-likeness (QED) is 0.692. The average Bonchev–Trinajstić information content (AvgIpc) is 2.74. The van der Waals surface area contributed by atoms with E-state index >= 15 is 0 Å². The van der Waals surface area contributed by atoms with Crippen molar-refractivity contribution >= 4 is 23.3 Å². The van der Waals surface area contributed by atoms with E-state index in [9.17, 15) is 18.8 Å². The summed E-state index contributed by atoms with van der Waals surface area (Å²) in [5.41, 5.74) is 3.27. The number of benzene rings is 2. The molecule has 1 heterocycles. The van der Waals surface area contributed by atoms with E-state index in [1.165, 1.54) is 12.1 Å². The Hall–Kier alpha value is -3.06. The molecular weight excluding hydrogens is 397 g/mol. The molecule has 1 aliphatic rings. The van der Waals surface area contributed by atoms with Crippen LogP contribution in [0.3, 0.4) is 0 Å². The van der Waals surface area contributed by atoms with Gasteiger partial charge in [-0.3, -0.25) is 19.3 Å². The lowest BCUT2D eigenvalue weighted by molar-refractivity contribution is -0.133. The third-order valence-electron chi connectivity index (χ3n) is 5.60. The standard InChI is InChI=1S/C24H28FN3O3/c1-17-6-7-19(14-18(17)2)22(29)8-9-24(31)28-12-10-27(11-13-28)16-23(30)26-21-5-3-4-20(25)15-21/h3-7,14-15H,8-13,16H2,1-2H3,(H,26,30). The molecule has 0 aliphatic carbocycles. The molecule has 0 saturated carbocycles. The maximum absolute atomic E-state index is 13.2. The van der Waals surface area contributed by atoms with E-state index in [4.69, 9.17) is 0 Å². The Kier molecular flexibility index (Phi) is 7.52. The van der Waals surface area contributed by atoms with Gasteiger partial charge in [-0.05, 0) is 49.2 Å². The van der Waals surface area contributed by atoms with Gasteiger partial charge in [-0.1, -0.05) is 18.2 Å². The second-order valence-corrected chi connectivity index (χ2v) is 7.94. The fourth-order valence-electron chi connectivity index (χ4n) is 3.56. The zero-order chi connectivity index (χ0) is 22.4. The van der Waals surface area contributed by atoms with E-state index in [2.05, 4.69) is 5.32 Å².